The third-order valence-electron chi connectivity index (χ3n) is 2.31. The third-order valence-corrected chi connectivity index (χ3v) is 2.31. The van der Waals surface area contributed by atoms with Crippen molar-refractivity contribution in [2.75, 3.05) is 0 Å². The van der Waals surface area contributed by atoms with E-state index in [0.717, 1.165) is 11.1 Å². The van der Waals surface area contributed by atoms with Gasteiger partial charge in [-0.1, -0.05) is 12.1 Å². The first-order valence-electron chi connectivity index (χ1n) is 5.17. The summed E-state index contributed by atoms with van der Waals surface area (Å²) in [7, 11) is 0. The molecule has 0 aromatic heterocycles. The van der Waals surface area contributed by atoms with Crippen LogP contribution in [0.25, 0.3) is 0 Å². The Morgan fingerprint density at radius 1 is 1.44 bits per heavy atom. The Morgan fingerprint density at radius 2 is 2.06 bits per heavy atom. The van der Waals surface area contributed by atoms with Gasteiger partial charge in [-0.2, -0.15) is 0 Å². The van der Waals surface area contributed by atoms with Crippen LogP contribution < -0.4 is 10.5 Å². The first-order valence-corrected chi connectivity index (χ1v) is 5.17. The van der Waals surface area contributed by atoms with Gasteiger partial charge in [0.15, 0.2) is 6.10 Å². The largest absolute Gasteiger partial charge is 0.479 e. The molecule has 1 aromatic rings. The first-order chi connectivity index (χ1) is 7.41. The molecule has 88 valence electrons. The second kappa shape index (κ2) is 4.99. The maximum atomic E-state index is 10.7. The van der Waals surface area contributed by atoms with Crippen LogP contribution in [0.2, 0.25) is 0 Å². The van der Waals surface area contributed by atoms with Crippen molar-refractivity contribution in [3.8, 4) is 5.75 Å². The summed E-state index contributed by atoms with van der Waals surface area (Å²) in [5.74, 6) is -0.443. The molecule has 0 saturated heterocycles. The average molecular weight is 223 g/mol. The van der Waals surface area contributed by atoms with Crippen LogP contribution in [0.15, 0.2) is 18.2 Å². The molecule has 0 aliphatic rings. The van der Waals surface area contributed by atoms with Gasteiger partial charge < -0.3 is 15.6 Å². The van der Waals surface area contributed by atoms with Gasteiger partial charge in [0, 0.05) is 11.6 Å². The van der Waals surface area contributed by atoms with E-state index in [-0.39, 0.29) is 6.04 Å². The summed E-state index contributed by atoms with van der Waals surface area (Å²) < 4.78 is 5.37. The zero-order valence-corrected chi connectivity index (χ0v) is 9.73. The molecule has 1 rings (SSSR count). The molecule has 4 heteroatoms. The Kier molecular flexibility index (Phi) is 3.90. The summed E-state index contributed by atoms with van der Waals surface area (Å²) in [4.78, 5) is 10.7. The highest BCUT2D eigenvalue weighted by Gasteiger charge is 2.16. The predicted molar refractivity (Wildman–Crippen MR) is 61.5 cm³/mol. The van der Waals surface area contributed by atoms with Crippen LogP contribution in [0.3, 0.4) is 0 Å². The fourth-order valence-corrected chi connectivity index (χ4v) is 1.36. The molecular formula is C12H17NO3. The van der Waals surface area contributed by atoms with E-state index in [2.05, 4.69) is 0 Å². The Morgan fingerprint density at radius 3 is 2.56 bits per heavy atom. The average Bonchev–Trinajstić information content (AvgIpc) is 2.16. The summed E-state index contributed by atoms with van der Waals surface area (Å²) in [6, 6.07) is 5.41. The van der Waals surface area contributed by atoms with Crippen molar-refractivity contribution >= 4 is 5.97 Å². The Labute approximate surface area is 95.0 Å². The molecule has 2 unspecified atom stereocenters. The van der Waals surface area contributed by atoms with E-state index >= 15 is 0 Å². The lowest BCUT2D eigenvalue weighted by atomic mass is 10.1. The lowest BCUT2D eigenvalue weighted by molar-refractivity contribution is -0.144. The molecule has 0 aliphatic carbocycles. The van der Waals surface area contributed by atoms with Crippen molar-refractivity contribution in [2.45, 2.75) is 32.9 Å². The SMILES string of the molecule is Cc1ccc(C(C)N)c(OC(C)C(=O)O)c1. The number of hydrogen-bond acceptors (Lipinski definition) is 3. The van der Waals surface area contributed by atoms with Crippen molar-refractivity contribution in [1.29, 1.82) is 0 Å². The first kappa shape index (κ1) is 12.5. The number of carbonyl (C=O) groups is 1. The monoisotopic (exact) mass is 223 g/mol. The van der Waals surface area contributed by atoms with Gasteiger partial charge in [-0.15, -0.1) is 0 Å². The number of carboxylic acid groups (broad SMARTS) is 1. The highest BCUT2D eigenvalue weighted by Crippen LogP contribution is 2.26. The standard InChI is InChI=1S/C12H17NO3/c1-7-4-5-10(8(2)13)11(6-7)16-9(3)12(14)15/h4-6,8-9H,13H2,1-3H3,(H,14,15). The summed E-state index contributed by atoms with van der Waals surface area (Å²) in [6.07, 6.45) is -0.876. The van der Waals surface area contributed by atoms with E-state index in [0.29, 0.717) is 5.75 Å². The van der Waals surface area contributed by atoms with Gasteiger partial charge in [0.2, 0.25) is 0 Å². The van der Waals surface area contributed by atoms with Crippen molar-refractivity contribution in [3.05, 3.63) is 29.3 Å². The summed E-state index contributed by atoms with van der Waals surface area (Å²) in [6.45, 7) is 5.25. The zero-order valence-electron chi connectivity index (χ0n) is 9.73. The number of aliphatic carboxylic acids is 1. The lowest BCUT2D eigenvalue weighted by Gasteiger charge is -2.17. The second-order valence-corrected chi connectivity index (χ2v) is 3.93. The van der Waals surface area contributed by atoms with E-state index in [1.165, 1.54) is 6.92 Å². The van der Waals surface area contributed by atoms with Gasteiger partial charge in [0.25, 0.3) is 0 Å². The molecule has 0 bridgehead atoms. The van der Waals surface area contributed by atoms with Gasteiger partial charge in [-0.3, -0.25) is 0 Å². The molecule has 0 amide bonds. The molecule has 4 nitrogen and oxygen atoms in total. The van der Waals surface area contributed by atoms with E-state index in [1.807, 2.05) is 26.0 Å². The fraction of sp³-hybridized carbons (Fsp3) is 0.417. The molecule has 3 N–H and O–H groups in total. The lowest BCUT2D eigenvalue weighted by Crippen LogP contribution is -2.24. The molecule has 0 heterocycles. The van der Waals surface area contributed by atoms with Crippen LogP contribution in [-0.2, 0) is 4.79 Å². The zero-order chi connectivity index (χ0) is 12.3. The summed E-state index contributed by atoms with van der Waals surface area (Å²) >= 11 is 0. The van der Waals surface area contributed by atoms with Crippen molar-refractivity contribution in [3.63, 3.8) is 0 Å². The highest BCUT2D eigenvalue weighted by atomic mass is 16.5. The van der Waals surface area contributed by atoms with Gasteiger partial charge >= 0.3 is 5.97 Å². The van der Waals surface area contributed by atoms with Crippen LogP contribution in [0.4, 0.5) is 0 Å². The van der Waals surface area contributed by atoms with Gasteiger partial charge in [-0.05, 0) is 32.4 Å². The molecule has 1 aromatic carbocycles. The molecule has 0 spiro atoms. The van der Waals surface area contributed by atoms with E-state index < -0.39 is 12.1 Å². The second-order valence-electron chi connectivity index (χ2n) is 3.93. The number of carboxylic acids is 1. The van der Waals surface area contributed by atoms with E-state index in [4.69, 9.17) is 15.6 Å². The Hall–Kier alpha value is -1.55. The van der Waals surface area contributed by atoms with Crippen LogP contribution in [-0.4, -0.2) is 17.2 Å². The van der Waals surface area contributed by atoms with Crippen molar-refractivity contribution < 1.29 is 14.6 Å². The minimum absolute atomic E-state index is 0.184. The molecule has 0 fully saturated rings. The van der Waals surface area contributed by atoms with E-state index in [9.17, 15) is 4.79 Å². The fourth-order valence-electron chi connectivity index (χ4n) is 1.36. The van der Waals surface area contributed by atoms with Crippen LogP contribution >= 0.6 is 0 Å². The highest BCUT2D eigenvalue weighted by molar-refractivity contribution is 5.72. The molecule has 2 atom stereocenters. The number of ether oxygens (including phenoxy) is 1. The van der Waals surface area contributed by atoms with Crippen LogP contribution in [0.1, 0.15) is 31.0 Å². The summed E-state index contributed by atoms with van der Waals surface area (Å²) in [5, 5.41) is 8.79. The topological polar surface area (TPSA) is 72.5 Å². The molecular weight excluding hydrogens is 206 g/mol. The Balaban J connectivity index is 3.01. The minimum atomic E-state index is -0.989. The van der Waals surface area contributed by atoms with E-state index in [1.54, 1.807) is 6.07 Å². The number of rotatable bonds is 4. The molecule has 0 saturated carbocycles. The smallest absolute Gasteiger partial charge is 0.344 e. The van der Waals surface area contributed by atoms with Crippen molar-refractivity contribution in [2.24, 2.45) is 5.73 Å². The normalized spacial score (nSPS) is 14.2. The maximum absolute atomic E-state index is 10.7. The number of benzene rings is 1. The van der Waals surface area contributed by atoms with Crippen LogP contribution in [0.5, 0.6) is 5.75 Å². The Bertz CT molecular complexity index is 388. The minimum Gasteiger partial charge on any atom is -0.479 e. The number of hydrogen-bond donors (Lipinski definition) is 2. The molecule has 0 radical (unpaired) electrons. The van der Waals surface area contributed by atoms with Crippen molar-refractivity contribution in [1.82, 2.24) is 0 Å². The van der Waals surface area contributed by atoms with Gasteiger partial charge in [0.1, 0.15) is 5.75 Å². The van der Waals surface area contributed by atoms with Gasteiger partial charge in [-0.25, -0.2) is 4.79 Å². The maximum Gasteiger partial charge on any atom is 0.344 e. The summed E-state index contributed by atoms with van der Waals surface area (Å²) in [5.41, 5.74) is 7.62. The third kappa shape index (κ3) is 2.97. The number of nitrogens with two attached hydrogens (primary N) is 1. The van der Waals surface area contributed by atoms with Gasteiger partial charge in [0.05, 0.1) is 0 Å². The number of aryl methyl sites for hydroxylation is 1. The molecule has 0 aliphatic heterocycles. The quantitative estimate of drug-likeness (QED) is 0.817. The molecule has 16 heavy (non-hydrogen) atoms. The predicted octanol–water partition coefficient (Wildman–Crippen LogP) is 1.87. The van der Waals surface area contributed by atoms with Crippen LogP contribution in [0, 0.1) is 6.92 Å².